The Morgan fingerprint density at radius 1 is 1.10 bits per heavy atom. The third kappa shape index (κ3) is 3.37. The molecule has 0 bridgehead atoms. The van der Waals surface area contributed by atoms with Crippen LogP contribution in [-0.4, -0.2) is 61.3 Å². The summed E-state index contributed by atoms with van der Waals surface area (Å²) < 4.78 is 14.0. The largest absolute Gasteiger partial charge is 0.314 e. The molecule has 20 heavy (non-hydrogen) atoms. The van der Waals surface area contributed by atoms with E-state index < -0.39 is 6.17 Å². The summed E-state index contributed by atoms with van der Waals surface area (Å²) >= 11 is 0. The molecule has 0 amide bonds. The van der Waals surface area contributed by atoms with E-state index in [1.807, 2.05) is 0 Å². The van der Waals surface area contributed by atoms with Crippen molar-refractivity contribution in [1.82, 2.24) is 15.1 Å². The summed E-state index contributed by atoms with van der Waals surface area (Å²) in [4.78, 5) is 4.83. The second kappa shape index (κ2) is 6.66. The number of alkyl halides is 1. The molecule has 2 aliphatic heterocycles. The van der Waals surface area contributed by atoms with Gasteiger partial charge in [-0.15, -0.1) is 0 Å². The predicted molar refractivity (Wildman–Crippen MR) is 79.5 cm³/mol. The van der Waals surface area contributed by atoms with Gasteiger partial charge in [-0.25, -0.2) is 4.39 Å². The molecule has 2 saturated heterocycles. The standard InChI is InChI=1S/C16H24FN3/c17-15-12-18-7-6-16(15)20-10-8-19(9-11-20)13-14-4-2-1-3-5-14/h1-5,15-16,18H,6-13H2/t15-,16-/m0/s1. The van der Waals surface area contributed by atoms with Gasteiger partial charge in [0.1, 0.15) is 6.17 Å². The fourth-order valence-corrected chi connectivity index (χ4v) is 3.31. The first-order valence-corrected chi connectivity index (χ1v) is 7.68. The Morgan fingerprint density at radius 2 is 1.85 bits per heavy atom. The molecule has 0 aliphatic carbocycles. The van der Waals surface area contributed by atoms with Crippen molar-refractivity contribution in [2.75, 3.05) is 39.3 Å². The highest BCUT2D eigenvalue weighted by Crippen LogP contribution is 2.18. The Morgan fingerprint density at radius 3 is 2.55 bits per heavy atom. The number of nitrogens with zero attached hydrogens (tertiary/aromatic N) is 2. The summed E-state index contributed by atoms with van der Waals surface area (Å²) in [7, 11) is 0. The molecule has 3 rings (SSSR count). The van der Waals surface area contributed by atoms with Gasteiger partial charge < -0.3 is 5.32 Å². The van der Waals surface area contributed by atoms with Crippen LogP contribution in [0, 0.1) is 0 Å². The zero-order chi connectivity index (χ0) is 13.8. The van der Waals surface area contributed by atoms with Crippen molar-refractivity contribution in [2.24, 2.45) is 0 Å². The zero-order valence-corrected chi connectivity index (χ0v) is 12.0. The summed E-state index contributed by atoms with van der Waals surface area (Å²) in [5.41, 5.74) is 1.37. The molecule has 2 aliphatic rings. The maximum absolute atomic E-state index is 14.0. The maximum atomic E-state index is 14.0. The number of piperidine rings is 1. The SMILES string of the molecule is F[C@H]1CNCC[C@@H]1N1CCN(Cc2ccccc2)CC1. The highest BCUT2D eigenvalue weighted by molar-refractivity contribution is 5.14. The fraction of sp³-hybridized carbons (Fsp3) is 0.625. The molecule has 3 nitrogen and oxygen atoms in total. The van der Waals surface area contributed by atoms with Crippen LogP contribution < -0.4 is 5.32 Å². The van der Waals surface area contributed by atoms with E-state index in [-0.39, 0.29) is 6.04 Å². The smallest absolute Gasteiger partial charge is 0.128 e. The summed E-state index contributed by atoms with van der Waals surface area (Å²) in [6.07, 6.45) is 0.240. The monoisotopic (exact) mass is 277 g/mol. The second-order valence-electron chi connectivity index (χ2n) is 5.87. The minimum atomic E-state index is -0.704. The van der Waals surface area contributed by atoms with Crippen LogP contribution >= 0.6 is 0 Å². The number of benzene rings is 1. The molecular formula is C16H24FN3. The number of rotatable bonds is 3. The van der Waals surface area contributed by atoms with Gasteiger partial charge in [-0.2, -0.15) is 0 Å². The molecule has 0 unspecified atom stereocenters. The van der Waals surface area contributed by atoms with Crippen LogP contribution in [0.1, 0.15) is 12.0 Å². The van der Waals surface area contributed by atoms with Crippen LogP contribution in [0.4, 0.5) is 4.39 Å². The molecule has 0 radical (unpaired) electrons. The maximum Gasteiger partial charge on any atom is 0.128 e. The lowest BCUT2D eigenvalue weighted by Crippen LogP contribution is -2.56. The van der Waals surface area contributed by atoms with Gasteiger partial charge in [-0.05, 0) is 18.5 Å². The Hall–Kier alpha value is -0.970. The molecule has 2 fully saturated rings. The van der Waals surface area contributed by atoms with Crippen LogP contribution in [0.5, 0.6) is 0 Å². The number of piperazine rings is 1. The normalized spacial score (nSPS) is 29.4. The Balaban J connectivity index is 1.49. The van der Waals surface area contributed by atoms with E-state index in [1.54, 1.807) is 0 Å². The quantitative estimate of drug-likeness (QED) is 0.903. The Bertz CT molecular complexity index is 403. The zero-order valence-electron chi connectivity index (χ0n) is 12.0. The van der Waals surface area contributed by atoms with Crippen molar-refractivity contribution >= 4 is 0 Å². The number of hydrogen-bond acceptors (Lipinski definition) is 3. The Kier molecular flexibility index (Phi) is 4.65. The van der Waals surface area contributed by atoms with Crippen LogP contribution in [0.15, 0.2) is 30.3 Å². The third-order valence-electron chi connectivity index (χ3n) is 4.50. The average molecular weight is 277 g/mol. The number of hydrogen-bond donors (Lipinski definition) is 1. The molecule has 2 heterocycles. The first-order chi connectivity index (χ1) is 9.83. The molecule has 110 valence electrons. The van der Waals surface area contributed by atoms with Crippen molar-refractivity contribution in [2.45, 2.75) is 25.2 Å². The van der Waals surface area contributed by atoms with E-state index in [9.17, 15) is 4.39 Å². The van der Waals surface area contributed by atoms with Crippen molar-refractivity contribution in [3.63, 3.8) is 0 Å². The summed E-state index contributed by atoms with van der Waals surface area (Å²) in [6, 6.07) is 10.7. The molecule has 2 atom stereocenters. The molecule has 1 N–H and O–H groups in total. The molecule has 1 aromatic carbocycles. The Labute approximate surface area is 120 Å². The van der Waals surface area contributed by atoms with Crippen LogP contribution in [0.25, 0.3) is 0 Å². The van der Waals surface area contributed by atoms with Gasteiger partial charge in [0.2, 0.25) is 0 Å². The average Bonchev–Trinajstić information content (AvgIpc) is 2.50. The van der Waals surface area contributed by atoms with E-state index in [0.29, 0.717) is 6.54 Å². The lowest BCUT2D eigenvalue weighted by Gasteiger charge is -2.42. The van der Waals surface area contributed by atoms with Crippen LogP contribution in [-0.2, 0) is 6.54 Å². The molecule has 4 heteroatoms. The van der Waals surface area contributed by atoms with Gasteiger partial charge in [-0.3, -0.25) is 9.80 Å². The number of halogens is 1. The van der Waals surface area contributed by atoms with Crippen molar-refractivity contribution < 1.29 is 4.39 Å². The van der Waals surface area contributed by atoms with Gasteiger partial charge in [0.25, 0.3) is 0 Å². The van der Waals surface area contributed by atoms with Gasteiger partial charge in [0.15, 0.2) is 0 Å². The van der Waals surface area contributed by atoms with E-state index >= 15 is 0 Å². The first-order valence-electron chi connectivity index (χ1n) is 7.68. The molecule has 0 aromatic heterocycles. The minimum Gasteiger partial charge on any atom is -0.314 e. The molecule has 0 spiro atoms. The summed E-state index contributed by atoms with van der Waals surface area (Å²) in [5, 5.41) is 3.13. The van der Waals surface area contributed by atoms with Crippen LogP contribution in [0.3, 0.4) is 0 Å². The van der Waals surface area contributed by atoms with Gasteiger partial charge in [-0.1, -0.05) is 30.3 Å². The first kappa shape index (κ1) is 14.0. The van der Waals surface area contributed by atoms with Crippen LogP contribution in [0.2, 0.25) is 0 Å². The molecule has 0 saturated carbocycles. The lowest BCUT2D eigenvalue weighted by atomic mass is 10.0. The highest BCUT2D eigenvalue weighted by Gasteiger charge is 2.31. The van der Waals surface area contributed by atoms with E-state index in [0.717, 1.165) is 45.7 Å². The predicted octanol–water partition coefficient (Wildman–Crippen LogP) is 1.50. The van der Waals surface area contributed by atoms with E-state index in [1.165, 1.54) is 5.56 Å². The topological polar surface area (TPSA) is 18.5 Å². The molecule has 1 aromatic rings. The summed E-state index contributed by atoms with van der Waals surface area (Å²) in [5.74, 6) is 0. The second-order valence-corrected chi connectivity index (χ2v) is 5.87. The third-order valence-corrected chi connectivity index (χ3v) is 4.50. The fourth-order valence-electron chi connectivity index (χ4n) is 3.31. The highest BCUT2D eigenvalue weighted by atomic mass is 19.1. The van der Waals surface area contributed by atoms with Crippen molar-refractivity contribution in [1.29, 1.82) is 0 Å². The van der Waals surface area contributed by atoms with Gasteiger partial charge in [0, 0.05) is 45.3 Å². The van der Waals surface area contributed by atoms with E-state index in [4.69, 9.17) is 0 Å². The minimum absolute atomic E-state index is 0.134. The van der Waals surface area contributed by atoms with Crippen molar-refractivity contribution in [3.8, 4) is 0 Å². The van der Waals surface area contributed by atoms with Gasteiger partial charge >= 0.3 is 0 Å². The van der Waals surface area contributed by atoms with Gasteiger partial charge in [0.05, 0.1) is 0 Å². The molecular weight excluding hydrogens is 253 g/mol. The number of nitrogens with one attached hydrogen (secondary N) is 1. The van der Waals surface area contributed by atoms with Crippen molar-refractivity contribution in [3.05, 3.63) is 35.9 Å². The summed E-state index contributed by atoms with van der Waals surface area (Å²) in [6.45, 7) is 6.58. The van der Waals surface area contributed by atoms with E-state index in [2.05, 4.69) is 45.4 Å². The lowest BCUT2D eigenvalue weighted by molar-refractivity contribution is 0.0382.